The minimum atomic E-state index is 0.0720. The maximum atomic E-state index is 12.3. The molecule has 1 aromatic rings. The van der Waals surface area contributed by atoms with E-state index in [-0.39, 0.29) is 11.4 Å². The van der Waals surface area contributed by atoms with Crippen molar-refractivity contribution in [1.29, 1.82) is 0 Å². The largest absolute Gasteiger partial charge is 0.381 e. The average Bonchev–Trinajstić information content (AvgIpc) is 2.95. The van der Waals surface area contributed by atoms with Gasteiger partial charge in [-0.2, -0.15) is 0 Å². The Kier molecular flexibility index (Phi) is 3.82. The zero-order chi connectivity index (χ0) is 15.0. The number of hydrogen-bond donors (Lipinski definition) is 1. The Balaban J connectivity index is 1.22. The van der Waals surface area contributed by atoms with Crippen LogP contribution in [0.5, 0.6) is 0 Å². The summed E-state index contributed by atoms with van der Waals surface area (Å²) < 4.78 is 5.51. The van der Waals surface area contributed by atoms with Crippen LogP contribution in [0.3, 0.4) is 0 Å². The summed E-state index contributed by atoms with van der Waals surface area (Å²) in [6, 6.07) is 0.0720. The van der Waals surface area contributed by atoms with Crippen LogP contribution in [0, 0.1) is 5.41 Å². The molecule has 4 rings (SSSR count). The molecule has 1 spiro atoms. The van der Waals surface area contributed by atoms with Crippen LogP contribution >= 0.6 is 11.3 Å². The van der Waals surface area contributed by atoms with E-state index < -0.39 is 0 Å². The van der Waals surface area contributed by atoms with Crippen molar-refractivity contribution in [2.75, 3.05) is 32.8 Å². The van der Waals surface area contributed by atoms with Gasteiger partial charge >= 0.3 is 6.03 Å². The smallest absolute Gasteiger partial charge is 0.317 e. The van der Waals surface area contributed by atoms with E-state index in [1.807, 2.05) is 4.90 Å². The number of nitrogens with one attached hydrogen (secondary N) is 1. The van der Waals surface area contributed by atoms with Gasteiger partial charge < -0.3 is 15.0 Å². The second-order valence-corrected chi connectivity index (χ2v) is 7.84. The first-order valence-corrected chi connectivity index (χ1v) is 9.17. The maximum Gasteiger partial charge on any atom is 0.317 e. The van der Waals surface area contributed by atoms with Gasteiger partial charge in [-0.1, -0.05) is 0 Å². The Morgan fingerprint density at radius 1 is 1.50 bits per heavy atom. The number of carbonyl (C=O) groups excluding carboxylic acids is 1. The molecule has 120 valence electrons. The molecule has 2 aliphatic heterocycles. The number of urea groups is 1. The molecule has 2 amide bonds. The van der Waals surface area contributed by atoms with Crippen LogP contribution in [0.2, 0.25) is 0 Å². The third-order valence-corrected chi connectivity index (χ3v) is 6.02. The average molecular weight is 321 g/mol. The van der Waals surface area contributed by atoms with E-state index in [2.05, 4.69) is 15.7 Å². The summed E-state index contributed by atoms with van der Waals surface area (Å²) in [6.45, 7) is 4.05. The summed E-state index contributed by atoms with van der Waals surface area (Å²) in [5.41, 5.74) is 1.50. The Labute approximate surface area is 135 Å². The molecule has 1 atom stereocenters. The molecule has 1 aromatic heterocycles. The molecule has 5 nitrogen and oxygen atoms in total. The number of ether oxygens (including phenoxy) is 1. The summed E-state index contributed by atoms with van der Waals surface area (Å²) in [5.74, 6) is 0.717. The fourth-order valence-electron chi connectivity index (χ4n) is 3.47. The van der Waals surface area contributed by atoms with E-state index in [0.29, 0.717) is 12.5 Å². The fourth-order valence-corrected chi connectivity index (χ4v) is 4.35. The predicted octanol–water partition coefficient (Wildman–Crippen LogP) is 2.39. The lowest BCUT2D eigenvalue weighted by atomic mass is 9.87. The first-order valence-electron chi connectivity index (χ1n) is 8.29. The Morgan fingerprint density at radius 3 is 3.18 bits per heavy atom. The van der Waals surface area contributed by atoms with E-state index in [1.165, 1.54) is 18.5 Å². The van der Waals surface area contributed by atoms with Crippen molar-refractivity contribution in [2.24, 2.45) is 5.41 Å². The quantitative estimate of drug-likeness (QED) is 0.926. The number of carbonyl (C=O) groups is 1. The molecule has 0 aromatic carbocycles. The van der Waals surface area contributed by atoms with Crippen LogP contribution in [0.1, 0.15) is 42.3 Å². The third-order valence-electron chi connectivity index (χ3n) is 5.09. The van der Waals surface area contributed by atoms with Crippen LogP contribution in [-0.4, -0.2) is 48.8 Å². The molecule has 2 saturated heterocycles. The molecule has 0 unspecified atom stereocenters. The summed E-state index contributed by atoms with van der Waals surface area (Å²) in [5, 5.41) is 6.37. The van der Waals surface area contributed by atoms with Crippen LogP contribution in [-0.2, 0) is 11.2 Å². The van der Waals surface area contributed by atoms with Crippen LogP contribution in [0.4, 0.5) is 4.79 Å². The SMILES string of the molecule is O=C(NCCc1nc(C2CC2)cs1)N1CC[C@]2(CCOC2)C1. The Morgan fingerprint density at radius 2 is 2.41 bits per heavy atom. The van der Waals surface area contributed by atoms with Crippen LogP contribution in [0.25, 0.3) is 0 Å². The number of amides is 2. The molecular weight excluding hydrogens is 298 g/mol. The van der Waals surface area contributed by atoms with E-state index in [9.17, 15) is 4.79 Å². The van der Waals surface area contributed by atoms with Gasteiger partial charge in [0, 0.05) is 49.4 Å². The van der Waals surface area contributed by atoms with Gasteiger partial charge in [-0.3, -0.25) is 0 Å². The minimum absolute atomic E-state index is 0.0720. The van der Waals surface area contributed by atoms with Gasteiger partial charge in [0.15, 0.2) is 0 Å². The predicted molar refractivity (Wildman–Crippen MR) is 85.3 cm³/mol. The van der Waals surface area contributed by atoms with Gasteiger partial charge in [0.2, 0.25) is 0 Å². The molecule has 3 heterocycles. The number of rotatable bonds is 4. The molecular formula is C16H23N3O2S. The number of hydrogen-bond acceptors (Lipinski definition) is 4. The highest BCUT2D eigenvalue weighted by Crippen LogP contribution is 2.40. The molecule has 6 heteroatoms. The molecule has 1 N–H and O–H groups in total. The first-order chi connectivity index (χ1) is 10.7. The standard InChI is InChI=1S/C16H23N3O2S/c20-15(19-7-4-16(10-19)5-8-21-11-16)17-6-3-14-18-13(9-22-14)12-1-2-12/h9,12H,1-8,10-11H2,(H,17,20)/t16-/m0/s1. The molecule has 0 bridgehead atoms. The Hall–Kier alpha value is -1.14. The van der Waals surface area contributed by atoms with Crippen LogP contribution < -0.4 is 5.32 Å². The molecule has 0 radical (unpaired) electrons. The van der Waals surface area contributed by atoms with Gasteiger partial charge in [0.1, 0.15) is 0 Å². The molecule has 3 aliphatic rings. The Bertz CT molecular complexity index is 549. The van der Waals surface area contributed by atoms with Gasteiger partial charge in [-0.15, -0.1) is 11.3 Å². The van der Waals surface area contributed by atoms with Crippen molar-refractivity contribution in [1.82, 2.24) is 15.2 Å². The molecule has 1 saturated carbocycles. The lowest BCUT2D eigenvalue weighted by Crippen LogP contribution is -2.40. The lowest BCUT2D eigenvalue weighted by molar-refractivity contribution is 0.152. The zero-order valence-corrected chi connectivity index (χ0v) is 13.7. The second kappa shape index (κ2) is 5.81. The zero-order valence-electron chi connectivity index (χ0n) is 12.8. The van der Waals surface area contributed by atoms with E-state index in [1.54, 1.807) is 11.3 Å². The summed E-state index contributed by atoms with van der Waals surface area (Å²) in [7, 11) is 0. The minimum Gasteiger partial charge on any atom is -0.381 e. The summed E-state index contributed by atoms with van der Waals surface area (Å²) in [6.07, 6.45) is 5.60. The third kappa shape index (κ3) is 2.99. The van der Waals surface area contributed by atoms with Gasteiger partial charge in [-0.05, 0) is 25.7 Å². The topological polar surface area (TPSA) is 54.5 Å². The highest BCUT2D eigenvalue weighted by molar-refractivity contribution is 7.09. The second-order valence-electron chi connectivity index (χ2n) is 6.90. The van der Waals surface area contributed by atoms with Gasteiger partial charge in [0.05, 0.1) is 17.3 Å². The highest BCUT2D eigenvalue weighted by atomic mass is 32.1. The van der Waals surface area contributed by atoms with Gasteiger partial charge in [-0.25, -0.2) is 9.78 Å². The number of nitrogens with zero attached hydrogens (tertiary/aromatic N) is 2. The van der Waals surface area contributed by atoms with Crippen molar-refractivity contribution < 1.29 is 9.53 Å². The molecule has 1 aliphatic carbocycles. The summed E-state index contributed by atoms with van der Waals surface area (Å²) >= 11 is 1.72. The normalized spacial score (nSPS) is 27.7. The number of aromatic nitrogens is 1. The van der Waals surface area contributed by atoms with Crippen molar-refractivity contribution in [3.8, 4) is 0 Å². The monoisotopic (exact) mass is 321 g/mol. The fraction of sp³-hybridized carbons (Fsp3) is 0.750. The maximum absolute atomic E-state index is 12.3. The van der Waals surface area contributed by atoms with Crippen LogP contribution in [0.15, 0.2) is 5.38 Å². The molecule has 22 heavy (non-hydrogen) atoms. The number of thiazole rings is 1. The van der Waals surface area contributed by atoms with Crippen molar-refractivity contribution in [3.05, 3.63) is 16.1 Å². The van der Waals surface area contributed by atoms with Crippen molar-refractivity contribution in [2.45, 2.75) is 38.0 Å². The van der Waals surface area contributed by atoms with E-state index >= 15 is 0 Å². The van der Waals surface area contributed by atoms with Crippen molar-refractivity contribution >= 4 is 17.4 Å². The van der Waals surface area contributed by atoms with E-state index in [0.717, 1.165) is 50.6 Å². The highest BCUT2D eigenvalue weighted by Gasteiger charge is 2.42. The lowest BCUT2D eigenvalue weighted by Gasteiger charge is -2.22. The summed E-state index contributed by atoms with van der Waals surface area (Å²) in [4.78, 5) is 18.9. The van der Waals surface area contributed by atoms with Gasteiger partial charge in [0.25, 0.3) is 0 Å². The number of likely N-dealkylation sites (tertiary alicyclic amines) is 1. The molecule has 3 fully saturated rings. The van der Waals surface area contributed by atoms with Crippen molar-refractivity contribution in [3.63, 3.8) is 0 Å². The van der Waals surface area contributed by atoms with E-state index in [4.69, 9.17) is 4.74 Å². The first kappa shape index (κ1) is 14.5.